The maximum atomic E-state index is 12.5. The first kappa shape index (κ1) is 22.6. The van der Waals surface area contributed by atoms with Crippen molar-refractivity contribution in [2.75, 3.05) is 11.1 Å². The highest BCUT2D eigenvalue weighted by atomic mass is 32.2. The first-order chi connectivity index (χ1) is 14.9. The summed E-state index contributed by atoms with van der Waals surface area (Å²) < 4.78 is 8.05. The van der Waals surface area contributed by atoms with Crippen molar-refractivity contribution >= 4 is 23.4 Å². The van der Waals surface area contributed by atoms with Crippen LogP contribution in [0.25, 0.3) is 0 Å². The fourth-order valence-corrected chi connectivity index (χ4v) is 4.07. The van der Waals surface area contributed by atoms with E-state index in [1.165, 1.54) is 11.8 Å². The van der Waals surface area contributed by atoms with Crippen molar-refractivity contribution in [2.45, 2.75) is 45.5 Å². The number of thioether (sulfide) groups is 1. The first-order valence-electron chi connectivity index (χ1n) is 10.1. The van der Waals surface area contributed by atoms with Gasteiger partial charge in [0.1, 0.15) is 5.75 Å². The molecule has 0 saturated heterocycles. The van der Waals surface area contributed by atoms with Crippen molar-refractivity contribution in [1.82, 2.24) is 14.8 Å². The van der Waals surface area contributed by atoms with Gasteiger partial charge in [0.25, 0.3) is 0 Å². The number of allylic oxidation sites excluding steroid dienone is 1. The van der Waals surface area contributed by atoms with E-state index in [2.05, 4.69) is 28.2 Å². The van der Waals surface area contributed by atoms with Gasteiger partial charge < -0.3 is 10.1 Å². The number of ether oxygens (including phenoxy) is 1. The summed E-state index contributed by atoms with van der Waals surface area (Å²) in [5, 5.41) is 12.2. The van der Waals surface area contributed by atoms with E-state index in [0.717, 1.165) is 28.1 Å². The number of para-hydroxylation sites is 1. The number of carbonyl (C=O) groups is 1. The van der Waals surface area contributed by atoms with Crippen LogP contribution in [-0.2, 0) is 11.3 Å². The molecule has 1 N–H and O–H groups in total. The SMILES string of the molecule is C=CCn1c(SCC(=O)Nc2cc(C)cc(C)c2)nnc1C(C)Oc1ccccc1C. The van der Waals surface area contributed by atoms with Gasteiger partial charge in [0, 0.05) is 12.2 Å². The molecule has 1 amide bonds. The minimum Gasteiger partial charge on any atom is -0.482 e. The molecule has 0 aliphatic rings. The number of aromatic nitrogens is 3. The lowest BCUT2D eigenvalue weighted by molar-refractivity contribution is -0.113. The average molecular weight is 437 g/mol. The van der Waals surface area contributed by atoms with Crippen LogP contribution in [0.4, 0.5) is 5.69 Å². The number of rotatable bonds is 9. The van der Waals surface area contributed by atoms with Gasteiger partial charge in [-0.3, -0.25) is 9.36 Å². The van der Waals surface area contributed by atoms with Crippen LogP contribution in [0.5, 0.6) is 5.75 Å². The maximum Gasteiger partial charge on any atom is 0.234 e. The van der Waals surface area contributed by atoms with Crippen LogP contribution in [0.1, 0.15) is 35.5 Å². The summed E-state index contributed by atoms with van der Waals surface area (Å²) in [6.07, 6.45) is 1.49. The predicted molar refractivity (Wildman–Crippen MR) is 126 cm³/mol. The predicted octanol–water partition coefficient (Wildman–Crippen LogP) is 5.26. The third kappa shape index (κ3) is 5.98. The normalized spacial score (nSPS) is 11.7. The molecule has 1 heterocycles. The van der Waals surface area contributed by atoms with E-state index in [1.807, 2.05) is 68.7 Å². The quantitative estimate of drug-likeness (QED) is 0.366. The molecule has 7 heteroatoms. The molecule has 3 rings (SSSR count). The number of hydrogen-bond acceptors (Lipinski definition) is 5. The van der Waals surface area contributed by atoms with E-state index >= 15 is 0 Å². The standard InChI is InChI=1S/C24H28N4O2S/c1-6-11-28-23(19(5)30-21-10-8-7-9-18(21)4)26-27-24(28)31-15-22(29)25-20-13-16(2)12-17(3)14-20/h6-10,12-14,19H,1,11,15H2,2-5H3,(H,25,29). The molecule has 31 heavy (non-hydrogen) atoms. The molecule has 0 radical (unpaired) electrons. The first-order valence-corrected chi connectivity index (χ1v) is 11.1. The third-order valence-corrected chi connectivity index (χ3v) is 5.62. The number of nitrogens with one attached hydrogen (secondary N) is 1. The maximum absolute atomic E-state index is 12.5. The van der Waals surface area contributed by atoms with Crippen molar-refractivity contribution in [3.05, 3.63) is 77.6 Å². The van der Waals surface area contributed by atoms with E-state index < -0.39 is 0 Å². The zero-order chi connectivity index (χ0) is 22.4. The summed E-state index contributed by atoms with van der Waals surface area (Å²) in [5.41, 5.74) is 4.08. The Morgan fingerprint density at radius 3 is 2.58 bits per heavy atom. The molecule has 1 unspecified atom stereocenters. The summed E-state index contributed by atoms with van der Waals surface area (Å²) in [6, 6.07) is 13.9. The van der Waals surface area contributed by atoms with E-state index in [9.17, 15) is 4.79 Å². The average Bonchev–Trinajstić information content (AvgIpc) is 3.10. The molecule has 162 valence electrons. The van der Waals surface area contributed by atoms with Gasteiger partial charge in [0.05, 0.1) is 5.75 Å². The minimum absolute atomic E-state index is 0.0890. The Hall–Kier alpha value is -3.06. The molecule has 0 bridgehead atoms. The van der Waals surface area contributed by atoms with Crippen LogP contribution < -0.4 is 10.1 Å². The number of nitrogens with zero attached hydrogens (tertiary/aromatic N) is 3. The smallest absolute Gasteiger partial charge is 0.234 e. The van der Waals surface area contributed by atoms with Crippen molar-refractivity contribution in [3.63, 3.8) is 0 Å². The monoisotopic (exact) mass is 436 g/mol. The Morgan fingerprint density at radius 1 is 1.19 bits per heavy atom. The summed E-state index contributed by atoms with van der Waals surface area (Å²) in [5.74, 6) is 1.65. The van der Waals surface area contributed by atoms with Crippen molar-refractivity contribution in [2.24, 2.45) is 0 Å². The number of anilines is 1. The fraction of sp³-hybridized carbons (Fsp3) is 0.292. The van der Waals surface area contributed by atoms with E-state index in [-0.39, 0.29) is 17.8 Å². The second-order valence-corrected chi connectivity index (χ2v) is 8.42. The number of hydrogen-bond donors (Lipinski definition) is 1. The van der Waals surface area contributed by atoms with Gasteiger partial charge in [0.15, 0.2) is 17.1 Å². The molecule has 0 aliphatic heterocycles. The molecule has 0 spiro atoms. The van der Waals surface area contributed by atoms with Gasteiger partial charge in [0.2, 0.25) is 5.91 Å². The number of aryl methyl sites for hydroxylation is 3. The zero-order valence-electron chi connectivity index (χ0n) is 18.4. The number of benzene rings is 2. The van der Waals surface area contributed by atoms with Crippen LogP contribution in [0.3, 0.4) is 0 Å². The van der Waals surface area contributed by atoms with Gasteiger partial charge in [-0.15, -0.1) is 16.8 Å². The van der Waals surface area contributed by atoms with Crippen LogP contribution in [0, 0.1) is 20.8 Å². The van der Waals surface area contributed by atoms with E-state index in [4.69, 9.17) is 4.74 Å². The highest BCUT2D eigenvalue weighted by molar-refractivity contribution is 7.99. The Balaban J connectivity index is 1.68. The van der Waals surface area contributed by atoms with Gasteiger partial charge >= 0.3 is 0 Å². The van der Waals surface area contributed by atoms with Crippen molar-refractivity contribution in [1.29, 1.82) is 0 Å². The lowest BCUT2D eigenvalue weighted by Crippen LogP contribution is -2.16. The Morgan fingerprint density at radius 2 is 1.90 bits per heavy atom. The second kappa shape index (κ2) is 10.3. The van der Waals surface area contributed by atoms with E-state index in [1.54, 1.807) is 6.08 Å². The highest BCUT2D eigenvalue weighted by Gasteiger charge is 2.20. The molecule has 0 fully saturated rings. The van der Waals surface area contributed by atoms with Gasteiger partial charge in [-0.2, -0.15) is 0 Å². The molecule has 1 aromatic heterocycles. The lowest BCUT2D eigenvalue weighted by Gasteiger charge is -2.17. The minimum atomic E-state index is -0.299. The molecule has 3 aromatic rings. The van der Waals surface area contributed by atoms with Gasteiger partial charge in [-0.25, -0.2) is 0 Å². The molecular weight excluding hydrogens is 408 g/mol. The van der Waals surface area contributed by atoms with Crippen molar-refractivity contribution < 1.29 is 9.53 Å². The van der Waals surface area contributed by atoms with Crippen LogP contribution >= 0.6 is 11.8 Å². The fourth-order valence-electron chi connectivity index (χ4n) is 3.31. The largest absolute Gasteiger partial charge is 0.482 e. The molecular formula is C24H28N4O2S. The summed E-state index contributed by atoms with van der Waals surface area (Å²) in [4.78, 5) is 12.5. The Kier molecular flexibility index (Phi) is 7.52. The Labute approximate surface area is 187 Å². The highest BCUT2D eigenvalue weighted by Crippen LogP contribution is 2.26. The van der Waals surface area contributed by atoms with Gasteiger partial charge in [-0.1, -0.05) is 42.1 Å². The molecule has 1 atom stereocenters. The lowest BCUT2D eigenvalue weighted by atomic mass is 10.1. The second-order valence-electron chi connectivity index (χ2n) is 7.48. The molecule has 2 aromatic carbocycles. The van der Waals surface area contributed by atoms with E-state index in [0.29, 0.717) is 17.5 Å². The van der Waals surface area contributed by atoms with Gasteiger partial charge in [-0.05, 0) is 62.6 Å². The molecule has 0 saturated carbocycles. The topological polar surface area (TPSA) is 69.0 Å². The summed E-state index contributed by atoms with van der Waals surface area (Å²) in [6.45, 7) is 12.3. The summed E-state index contributed by atoms with van der Waals surface area (Å²) in [7, 11) is 0. The van der Waals surface area contributed by atoms with Crippen LogP contribution in [-0.4, -0.2) is 26.4 Å². The van der Waals surface area contributed by atoms with Crippen LogP contribution in [0.2, 0.25) is 0 Å². The van der Waals surface area contributed by atoms with Crippen molar-refractivity contribution in [3.8, 4) is 5.75 Å². The number of carbonyl (C=O) groups excluding carboxylic acids is 1. The number of amides is 1. The summed E-state index contributed by atoms with van der Waals surface area (Å²) >= 11 is 1.34. The zero-order valence-corrected chi connectivity index (χ0v) is 19.2. The molecule has 6 nitrogen and oxygen atoms in total. The Bertz CT molecular complexity index is 1060. The van der Waals surface area contributed by atoms with Crippen LogP contribution in [0.15, 0.2) is 60.3 Å². The molecule has 0 aliphatic carbocycles. The third-order valence-electron chi connectivity index (χ3n) is 4.66.